The van der Waals surface area contributed by atoms with E-state index in [-0.39, 0.29) is 0 Å². The second-order valence-corrected chi connectivity index (χ2v) is 5.17. The van der Waals surface area contributed by atoms with Crippen LogP contribution in [0.5, 0.6) is 0 Å². The van der Waals surface area contributed by atoms with Gasteiger partial charge in [-0.2, -0.15) is 0 Å². The Kier molecular flexibility index (Phi) is 1.56. The van der Waals surface area contributed by atoms with Crippen molar-refractivity contribution in [2.45, 2.75) is 19.4 Å². The first-order chi connectivity index (χ1) is 6.23. The minimum absolute atomic E-state index is 0.430. The van der Waals surface area contributed by atoms with Gasteiger partial charge in [-0.25, -0.2) is 0 Å². The molecule has 13 heavy (non-hydrogen) atoms. The van der Waals surface area contributed by atoms with E-state index in [1.54, 1.807) is 0 Å². The summed E-state index contributed by atoms with van der Waals surface area (Å²) < 4.78 is 0. The second kappa shape index (κ2) is 2.47. The molecule has 3 unspecified atom stereocenters. The Morgan fingerprint density at radius 2 is 1.92 bits per heavy atom. The number of nitrogens with zero attached hydrogens (tertiary/aromatic N) is 2. The average Bonchev–Trinajstić information content (AvgIpc) is 2.12. The van der Waals surface area contributed by atoms with Gasteiger partial charge in [0, 0.05) is 43.6 Å². The van der Waals surface area contributed by atoms with Crippen molar-refractivity contribution in [1.82, 2.24) is 9.80 Å². The molecular formula is C10H19N3. The first-order valence-corrected chi connectivity index (χ1v) is 5.44. The van der Waals surface area contributed by atoms with Gasteiger partial charge in [-0.05, 0) is 6.42 Å². The molecule has 3 atom stereocenters. The maximum Gasteiger partial charge on any atom is 0.0506 e. The van der Waals surface area contributed by atoms with Crippen molar-refractivity contribution in [3.63, 3.8) is 0 Å². The number of hydrogen-bond acceptors (Lipinski definition) is 3. The van der Waals surface area contributed by atoms with Crippen molar-refractivity contribution in [3.8, 4) is 0 Å². The van der Waals surface area contributed by atoms with Gasteiger partial charge in [0.1, 0.15) is 0 Å². The first-order valence-electron chi connectivity index (χ1n) is 5.44. The number of nitrogens with two attached hydrogens (primary N) is 1. The van der Waals surface area contributed by atoms with Crippen molar-refractivity contribution in [2.75, 3.05) is 32.8 Å². The van der Waals surface area contributed by atoms with Crippen LogP contribution in [-0.4, -0.2) is 48.7 Å². The molecule has 4 aliphatic rings. The Labute approximate surface area is 79.9 Å². The van der Waals surface area contributed by atoms with Crippen LogP contribution >= 0.6 is 0 Å². The Balaban J connectivity index is 1.95. The third-order valence-electron chi connectivity index (χ3n) is 4.38. The minimum atomic E-state index is 0.430. The Bertz CT molecular complexity index is 214. The van der Waals surface area contributed by atoms with E-state index in [0.29, 0.717) is 11.5 Å². The molecule has 3 nitrogen and oxygen atoms in total. The normalized spacial score (nSPS) is 58.6. The maximum absolute atomic E-state index is 6.36. The Hall–Kier alpha value is -0.120. The number of piperidine rings is 2. The minimum Gasteiger partial charge on any atom is -0.327 e. The van der Waals surface area contributed by atoms with Gasteiger partial charge in [-0.15, -0.1) is 0 Å². The zero-order chi connectivity index (χ0) is 9.05. The zero-order valence-electron chi connectivity index (χ0n) is 8.37. The van der Waals surface area contributed by atoms with Crippen molar-refractivity contribution in [3.05, 3.63) is 0 Å². The molecule has 4 heterocycles. The van der Waals surface area contributed by atoms with E-state index in [2.05, 4.69) is 16.7 Å². The third-order valence-corrected chi connectivity index (χ3v) is 4.38. The Morgan fingerprint density at radius 3 is 2.46 bits per heavy atom. The van der Waals surface area contributed by atoms with E-state index in [9.17, 15) is 0 Å². The molecule has 2 N–H and O–H groups in total. The molecule has 0 aliphatic carbocycles. The second-order valence-electron chi connectivity index (χ2n) is 5.17. The first kappa shape index (κ1) is 8.21. The van der Waals surface area contributed by atoms with Crippen LogP contribution < -0.4 is 5.73 Å². The van der Waals surface area contributed by atoms with Gasteiger partial charge in [0.2, 0.25) is 0 Å². The summed E-state index contributed by atoms with van der Waals surface area (Å²) in [6.45, 7) is 8.49. The lowest BCUT2D eigenvalue weighted by atomic mass is 9.65. The molecule has 3 heteroatoms. The van der Waals surface area contributed by atoms with Crippen molar-refractivity contribution < 1.29 is 0 Å². The van der Waals surface area contributed by atoms with Crippen LogP contribution in [0, 0.1) is 11.3 Å². The van der Waals surface area contributed by atoms with E-state index in [0.717, 1.165) is 5.92 Å². The number of hydrogen-bond donors (Lipinski definition) is 1. The molecule has 0 aromatic carbocycles. The summed E-state index contributed by atoms with van der Waals surface area (Å²) in [6.07, 6.45) is 1.25. The lowest BCUT2D eigenvalue weighted by Crippen LogP contribution is -2.75. The number of rotatable bonds is 1. The van der Waals surface area contributed by atoms with Gasteiger partial charge in [0.25, 0.3) is 0 Å². The monoisotopic (exact) mass is 181 g/mol. The van der Waals surface area contributed by atoms with Crippen LogP contribution in [0.3, 0.4) is 0 Å². The van der Waals surface area contributed by atoms with E-state index in [4.69, 9.17) is 5.73 Å². The molecule has 4 fully saturated rings. The molecule has 4 aliphatic heterocycles. The predicted octanol–water partition coefficient (Wildman–Crippen LogP) is -0.0714. The van der Waals surface area contributed by atoms with Crippen molar-refractivity contribution >= 4 is 0 Å². The highest BCUT2D eigenvalue weighted by atomic mass is 15.4. The molecule has 74 valence electrons. The SMILES string of the molecule is CCC12CN3CC(CN(C3)C1)C2N. The van der Waals surface area contributed by atoms with Crippen molar-refractivity contribution in [2.24, 2.45) is 17.1 Å². The van der Waals surface area contributed by atoms with Gasteiger partial charge in [0.05, 0.1) is 6.67 Å². The van der Waals surface area contributed by atoms with Crippen LogP contribution in [0.2, 0.25) is 0 Å². The molecule has 0 aromatic rings. The van der Waals surface area contributed by atoms with Crippen LogP contribution in [0.4, 0.5) is 0 Å². The quantitative estimate of drug-likeness (QED) is 0.614. The van der Waals surface area contributed by atoms with Gasteiger partial charge in [0.15, 0.2) is 0 Å². The summed E-state index contributed by atoms with van der Waals surface area (Å²) in [5, 5.41) is 0. The fraction of sp³-hybridized carbons (Fsp3) is 1.00. The highest BCUT2D eigenvalue weighted by Crippen LogP contribution is 2.43. The summed E-state index contributed by atoms with van der Waals surface area (Å²) >= 11 is 0. The smallest absolute Gasteiger partial charge is 0.0506 e. The lowest BCUT2D eigenvalue weighted by molar-refractivity contribution is -0.135. The summed E-state index contributed by atoms with van der Waals surface area (Å²) in [5.41, 5.74) is 6.79. The largest absolute Gasteiger partial charge is 0.327 e. The molecule has 4 bridgehead atoms. The third kappa shape index (κ3) is 0.953. The molecule has 0 amide bonds. The van der Waals surface area contributed by atoms with E-state index < -0.39 is 0 Å². The molecular weight excluding hydrogens is 162 g/mol. The highest BCUT2D eigenvalue weighted by molar-refractivity contribution is 5.08. The predicted molar refractivity (Wildman–Crippen MR) is 52.2 cm³/mol. The topological polar surface area (TPSA) is 32.5 Å². The van der Waals surface area contributed by atoms with Crippen LogP contribution in [0.25, 0.3) is 0 Å². The van der Waals surface area contributed by atoms with E-state index in [1.807, 2.05) is 0 Å². The summed E-state index contributed by atoms with van der Waals surface area (Å²) in [7, 11) is 0. The van der Waals surface area contributed by atoms with E-state index in [1.165, 1.54) is 39.3 Å². The van der Waals surface area contributed by atoms with Gasteiger partial charge >= 0.3 is 0 Å². The molecule has 0 spiro atoms. The zero-order valence-corrected chi connectivity index (χ0v) is 8.37. The fourth-order valence-electron chi connectivity index (χ4n) is 3.69. The summed E-state index contributed by atoms with van der Waals surface area (Å²) in [6, 6.07) is 0.463. The summed E-state index contributed by atoms with van der Waals surface area (Å²) in [4.78, 5) is 5.18. The molecule has 0 saturated carbocycles. The van der Waals surface area contributed by atoms with Gasteiger partial charge < -0.3 is 5.73 Å². The van der Waals surface area contributed by atoms with E-state index >= 15 is 0 Å². The average molecular weight is 181 g/mol. The Morgan fingerprint density at radius 1 is 1.31 bits per heavy atom. The molecule has 4 rings (SSSR count). The highest BCUT2D eigenvalue weighted by Gasteiger charge is 2.53. The standard InChI is InChI=1S/C10H19N3/c1-2-10-5-12-3-8(9(10)11)4-13(6-10)7-12/h8-9H,2-7,11H2,1H3. The van der Waals surface area contributed by atoms with Crippen LogP contribution in [0.1, 0.15) is 13.3 Å². The van der Waals surface area contributed by atoms with Crippen LogP contribution in [0.15, 0.2) is 0 Å². The van der Waals surface area contributed by atoms with Crippen molar-refractivity contribution in [1.29, 1.82) is 0 Å². The lowest BCUT2D eigenvalue weighted by Gasteiger charge is -2.62. The maximum atomic E-state index is 6.36. The van der Waals surface area contributed by atoms with Gasteiger partial charge in [-0.3, -0.25) is 9.80 Å². The van der Waals surface area contributed by atoms with Crippen LogP contribution in [-0.2, 0) is 0 Å². The summed E-state index contributed by atoms with van der Waals surface area (Å²) in [5.74, 6) is 0.746. The van der Waals surface area contributed by atoms with Gasteiger partial charge in [-0.1, -0.05) is 6.92 Å². The molecule has 0 radical (unpaired) electrons. The molecule has 4 saturated heterocycles. The molecule has 0 aromatic heterocycles. The fourth-order valence-corrected chi connectivity index (χ4v) is 3.69.